The van der Waals surface area contributed by atoms with Gasteiger partial charge >= 0.3 is 6.36 Å². The highest BCUT2D eigenvalue weighted by Gasteiger charge is 2.33. The maximum absolute atomic E-state index is 13.9. The highest BCUT2D eigenvalue weighted by Crippen LogP contribution is 2.35. The second-order valence-corrected chi connectivity index (χ2v) is 17.3. The molecule has 0 saturated carbocycles. The topological polar surface area (TPSA) is 118 Å². The van der Waals surface area contributed by atoms with E-state index in [1.54, 1.807) is 27.8 Å². The predicted octanol–water partition coefficient (Wildman–Crippen LogP) is 9.24. The van der Waals surface area contributed by atoms with Crippen molar-refractivity contribution < 1.29 is 31.1 Å². The molecule has 0 unspecified atom stereocenters. The first-order valence-corrected chi connectivity index (χ1v) is 22.7. The van der Waals surface area contributed by atoms with Crippen molar-refractivity contribution in [2.24, 2.45) is 14.1 Å². The van der Waals surface area contributed by atoms with Crippen LogP contribution in [0.25, 0.3) is 44.3 Å². The van der Waals surface area contributed by atoms with E-state index in [0.717, 1.165) is 113 Å². The lowest BCUT2D eigenvalue weighted by Crippen LogP contribution is -2.43. The zero-order chi connectivity index (χ0) is 48.2. The fourth-order valence-corrected chi connectivity index (χ4v) is 9.27. The highest BCUT2D eigenvalue weighted by atomic mass is 19.4. The Morgan fingerprint density at radius 1 is 0.638 bits per heavy atom. The molecule has 0 bridgehead atoms. The van der Waals surface area contributed by atoms with Crippen molar-refractivity contribution in [2.75, 3.05) is 43.0 Å². The molecule has 4 aromatic carbocycles. The van der Waals surface area contributed by atoms with Crippen LogP contribution in [0.1, 0.15) is 36.8 Å². The number of aryl methyl sites for hydroxylation is 2. The molecular weight excluding hydrogens is 899 g/mol. The van der Waals surface area contributed by atoms with E-state index in [4.69, 9.17) is 0 Å². The number of piperidine rings is 2. The van der Waals surface area contributed by atoms with E-state index in [2.05, 4.69) is 62.6 Å². The Morgan fingerprint density at radius 2 is 1.17 bits per heavy atom. The lowest BCUT2D eigenvalue weighted by Gasteiger charge is -2.37. The zero-order valence-electron chi connectivity index (χ0n) is 38.2. The molecule has 13 nitrogen and oxygen atoms in total. The first kappa shape index (κ1) is 47.0. The maximum Gasteiger partial charge on any atom is 0.573 e. The number of rotatable bonds is 11. The van der Waals surface area contributed by atoms with Crippen LogP contribution in [0.4, 0.5) is 38.0 Å². The van der Waals surface area contributed by atoms with Crippen molar-refractivity contribution in [3.8, 4) is 28.5 Å². The summed E-state index contributed by atoms with van der Waals surface area (Å²) < 4.78 is 87.0. The molecule has 2 aliphatic rings. The van der Waals surface area contributed by atoms with Crippen LogP contribution in [-0.4, -0.2) is 96.5 Å². The minimum absolute atomic E-state index is 0.132. The van der Waals surface area contributed by atoms with Crippen molar-refractivity contribution in [3.05, 3.63) is 138 Å². The quantitative estimate of drug-likeness (QED) is 0.125. The van der Waals surface area contributed by atoms with Crippen LogP contribution in [0.3, 0.4) is 0 Å². The van der Waals surface area contributed by atoms with E-state index in [1.165, 1.54) is 12.1 Å². The molecule has 6 heterocycles. The van der Waals surface area contributed by atoms with E-state index in [1.807, 2.05) is 74.6 Å². The third-order valence-corrected chi connectivity index (χ3v) is 12.9. The summed E-state index contributed by atoms with van der Waals surface area (Å²) in [7, 11) is 5.62. The summed E-state index contributed by atoms with van der Waals surface area (Å²) in [6.45, 7) is 3.58. The van der Waals surface area contributed by atoms with E-state index >= 15 is 0 Å². The van der Waals surface area contributed by atoms with Crippen LogP contribution >= 0.6 is 0 Å². The van der Waals surface area contributed by atoms with Gasteiger partial charge in [-0.1, -0.05) is 66.7 Å². The number of nitrogens with zero attached hydrogens (tertiary/aromatic N) is 11. The Labute approximate surface area is 394 Å². The molecule has 2 saturated heterocycles. The van der Waals surface area contributed by atoms with Gasteiger partial charge < -0.3 is 19.9 Å². The Morgan fingerprint density at radius 3 is 1.70 bits per heavy atom. The van der Waals surface area contributed by atoms with Gasteiger partial charge in [0.2, 0.25) is 0 Å². The second-order valence-electron chi connectivity index (χ2n) is 17.3. The summed E-state index contributed by atoms with van der Waals surface area (Å²) >= 11 is 0. The zero-order valence-corrected chi connectivity index (χ0v) is 38.2. The number of aromatic nitrogens is 8. The fraction of sp³-hybridized carbons (Fsp3) is 0.320. The van der Waals surface area contributed by atoms with Gasteiger partial charge in [-0.25, -0.2) is 13.2 Å². The summed E-state index contributed by atoms with van der Waals surface area (Å²) in [5.74, 6) is -1.18. The normalized spacial score (nSPS) is 15.0. The lowest BCUT2D eigenvalue weighted by atomic mass is 10.0. The van der Waals surface area contributed by atoms with Gasteiger partial charge in [-0.05, 0) is 57.0 Å². The number of halogens is 6. The van der Waals surface area contributed by atoms with Crippen molar-refractivity contribution >= 4 is 33.2 Å². The summed E-state index contributed by atoms with van der Waals surface area (Å²) in [5.41, 5.74) is 4.03. The molecule has 2 fully saturated rings. The Hall–Kier alpha value is -7.12. The average molecular weight is 949 g/mol. The number of ether oxygens (including phenoxy) is 1. The van der Waals surface area contributed by atoms with Crippen molar-refractivity contribution in [1.82, 2.24) is 50.2 Å². The Bertz CT molecular complexity index is 3050. The molecule has 69 heavy (non-hydrogen) atoms. The van der Waals surface area contributed by atoms with Crippen LogP contribution in [-0.2, 0) is 27.2 Å². The van der Waals surface area contributed by atoms with Crippen molar-refractivity contribution in [3.63, 3.8) is 0 Å². The summed E-state index contributed by atoms with van der Waals surface area (Å²) in [6, 6.07) is 28.0. The molecule has 10 rings (SSSR count). The predicted molar refractivity (Wildman–Crippen MR) is 252 cm³/mol. The molecule has 8 aromatic rings. The number of hydrogen-bond donors (Lipinski definition) is 1. The first-order chi connectivity index (χ1) is 33.3. The lowest BCUT2D eigenvalue weighted by molar-refractivity contribution is -0.275. The van der Waals surface area contributed by atoms with E-state index in [-0.39, 0.29) is 24.2 Å². The smallest absolute Gasteiger partial charge is 0.405 e. The van der Waals surface area contributed by atoms with Crippen molar-refractivity contribution in [1.29, 1.82) is 0 Å². The minimum atomic E-state index is -4.89. The fourth-order valence-electron chi connectivity index (χ4n) is 9.27. The van der Waals surface area contributed by atoms with E-state index < -0.39 is 29.6 Å². The van der Waals surface area contributed by atoms with Gasteiger partial charge in [-0.2, -0.15) is 10.2 Å². The molecule has 0 radical (unpaired) electrons. The van der Waals surface area contributed by atoms with E-state index in [0.29, 0.717) is 25.2 Å². The summed E-state index contributed by atoms with van der Waals surface area (Å²) in [4.78, 5) is 6.44. The molecule has 1 N–H and O–H groups in total. The minimum Gasteiger partial charge on any atom is -0.405 e. The molecule has 358 valence electrons. The number of alkyl halides is 3. The monoisotopic (exact) mass is 948 g/mol. The molecular formula is C50H50F6N12O. The van der Waals surface area contributed by atoms with Crippen molar-refractivity contribution in [2.45, 2.75) is 57.2 Å². The van der Waals surface area contributed by atoms with Crippen LogP contribution in [0.2, 0.25) is 0 Å². The van der Waals surface area contributed by atoms with Gasteiger partial charge in [0.1, 0.15) is 23.0 Å². The molecule has 0 amide bonds. The Balaban J connectivity index is 0.000000174. The number of benzene rings is 4. The summed E-state index contributed by atoms with van der Waals surface area (Å²) in [5, 5.41) is 34.2. The third kappa shape index (κ3) is 10.5. The highest BCUT2D eigenvalue weighted by molar-refractivity contribution is 6.00. The molecule has 0 atom stereocenters. The number of nitrogens with one attached hydrogen (secondary N) is 1. The second kappa shape index (κ2) is 20.2. The van der Waals surface area contributed by atoms with Gasteiger partial charge in [0, 0.05) is 117 Å². The van der Waals surface area contributed by atoms with Gasteiger partial charge in [0.05, 0.1) is 11.4 Å². The van der Waals surface area contributed by atoms with Gasteiger partial charge in [0.25, 0.3) is 0 Å². The van der Waals surface area contributed by atoms with Crippen LogP contribution in [0.15, 0.2) is 109 Å². The largest absolute Gasteiger partial charge is 0.573 e. The first-order valence-electron chi connectivity index (χ1n) is 22.7. The van der Waals surface area contributed by atoms with Crippen LogP contribution in [0, 0.1) is 17.5 Å². The number of anilines is 2. The third-order valence-electron chi connectivity index (χ3n) is 12.9. The maximum atomic E-state index is 13.9. The standard InChI is InChI=1S/C26H26F4N6O.C24H24F2N6/c1-34(16-17-7-8-18(27)15-23(17)37-26(28,29)30)19-10-13-36(14-11-19)25-21-6-4-3-5-20(21)24(32-33-25)22-9-12-31-35(22)2;1-31-21(9-12-28-31)23-18-6-2-3-7-19(18)24(30-29-23)32-13-10-17(11-14-32)27-15-16-5-4-8-20(25)22(16)26/h3-9,12,15,19H,10-11,13-14,16H2,1-2H3;2-9,12,17,27H,10-11,13-15H2,1H3. The van der Waals surface area contributed by atoms with Gasteiger partial charge in [0.15, 0.2) is 23.3 Å². The molecule has 4 aromatic heterocycles. The molecule has 19 heteroatoms. The van der Waals surface area contributed by atoms with Crippen LogP contribution in [0.5, 0.6) is 5.75 Å². The van der Waals surface area contributed by atoms with Gasteiger partial charge in [-0.3, -0.25) is 14.3 Å². The molecule has 0 aliphatic carbocycles. The number of hydrogen-bond acceptors (Lipinski definition) is 11. The molecule has 2 aliphatic heterocycles. The van der Waals surface area contributed by atoms with Crippen LogP contribution < -0.4 is 19.9 Å². The molecule has 0 spiro atoms. The average Bonchev–Trinajstić information content (AvgIpc) is 3.99. The van der Waals surface area contributed by atoms with Gasteiger partial charge in [-0.15, -0.1) is 33.6 Å². The SMILES string of the molecule is CN(Cc1ccc(F)cc1OC(F)(F)F)C1CCN(c2nnc(-c3ccnn3C)c3ccccc23)CC1.Cn1nccc1-c1nnc(N2CCC(NCc3cccc(F)c3F)CC2)c2ccccc12. The summed E-state index contributed by atoms with van der Waals surface area (Å²) in [6.07, 6.45) is 1.94. The Kier molecular flexibility index (Phi) is 13.8. The number of fused-ring (bicyclic) bond motifs is 2. The van der Waals surface area contributed by atoms with E-state index in [9.17, 15) is 26.3 Å².